The fourth-order valence-electron chi connectivity index (χ4n) is 0.939. The third-order valence-corrected chi connectivity index (χ3v) is 1.61. The molecule has 1 heteroatoms. The Bertz CT molecular complexity index is 114. The van der Waals surface area contributed by atoms with Gasteiger partial charge < -0.3 is 5.32 Å². The summed E-state index contributed by atoms with van der Waals surface area (Å²) in [6, 6.07) is 0. The lowest BCUT2D eigenvalue weighted by Gasteiger charge is -2.11. The van der Waals surface area contributed by atoms with Gasteiger partial charge in [-0.2, -0.15) is 0 Å². The number of nitrogens with one attached hydrogen (secondary N) is 1. The summed E-state index contributed by atoms with van der Waals surface area (Å²) >= 11 is 0. The highest BCUT2D eigenvalue weighted by molar-refractivity contribution is 4.96. The van der Waals surface area contributed by atoms with E-state index in [4.69, 9.17) is 0 Å². The fourth-order valence-corrected chi connectivity index (χ4v) is 0.939. The largest absolute Gasteiger partial charge is 0.388 e. The van der Waals surface area contributed by atoms with Gasteiger partial charge in [0.25, 0.3) is 0 Å². The molecule has 0 saturated heterocycles. The first kappa shape index (κ1) is 10.5. The van der Waals surface area contributed by atoms with E-state index in [1.165, 1.54) is 18.5 Å². The van der Waals surface area contributed by atoms with Crippen molar-refractivity contribution in [3.05, 3.63) is 11.8 Å². The molecule has 0 aliphatic carbocycles. The summed E-state index contributed by atoms with van der Waals surface area (Å²) in [6.45, 7) is 9.86. The SMILES string of the molecule is C/C=C(\CCC)NCC(C)C. The average Bonchev–Trinajstić information content (AvgIpc) is 1.97. The zero-order chi connectivity index (χ0) is 8.69. The van der Waals surface area contributed by atoms with Gasteiger partial charge in [-0.3, -0.25) is 0 Å². The first-order valence-electron chi connectivity index (χ1n) is 4.59. The second-order valence-electron chi connectivity index (χ2n) is 3.34. The highest BCUT2D eigenvalue weighted by Crippen LogP contribution is 2.01. The third kappa shape index (κ3) is 5.96. The van der Waals surface area contributed by atoms with Gasteiger partial charge in [0.2, 0.25) is 0 Å². The molecule has 0 aromatic carbocycles. The summed E-state index contributed by atoms with van der Waals surface area (Å²) in [5, 5.41) is 3.43. The minimum atomic E-state index is 0.738. The quantitative estimate of drug-likeness (QED) is 0.643. The maximum atomic E-state index is 3.43. The van der Waals surface area contributed by atoms with Crippen LogP contribution in [0.3, 0.4) is 0 Å². The Morgan fingerprint density at radius 3 is 2.45 bits per heavy atom. The second-order valence-corrected chi connectivity index (χ2v) is 3.34. The van der Waals surface area contributed by atoms with Crippen molar-refractivity contribution in [2.75, 3.05) is 6.54 Å². The zero-order valence-electron chi connectivity index (χ0n) is 8.28. The van der Waals surface area contributed by atoms with Gasteiger partial charge in [0.1, 0.15) is 0 Å². The maximum absolute atomic E-state index is 3.43. The molecule has 0 aromatic rings. The topological polar surface area (TPSA) is 12.0 Å². The third-order valence-electron chi connectivity index (χ3n) is 1.61. The molecular formula is C10H21N. The van der Waals surface area contributed by atoms with Crippen molar-refractivity contribution in [3.63, 3.8) is 0 Å². The standard InChI is InChI=1S/C10H21N/c1-5-7-10(6-2)11-8-9(3)4/h6,9,11H,5,7-8H2,1-4H3/b10-6+. The molecule has 0 bridgehead atoms. The summed E-state index contributed by atoms with van der Waals surface area (Å²) < 4.78 is 0. The van der Waals surface area contributed by atoms with Crippen molar-refractivity contribution in [3.8, 4) is 0 Å². The summed E-state index contributed by atoms with van der Waals surface area (Å²) in [6.07, 6.45) is 4.58. The Morgan fingerprint density at radius 1 is 1.45 bits per heavy atom. The van der Waals surface area contributed by atoms with E-state index >= 15 is 0 Å². The van der Waals surface area contributed by atoms with E-state index < -0.39 is 0 Å². The van der Waals surface area contributed by atoms with Gasteiger partial charge in [-0.25, -0.2) is 0 Å². The van der Waals surface area contributed by atoms with Gasteiger partial charge in [-0.1, -0.05) is 33.3 Å². The van der Waals surface area contributed by atoms with Crippen molar-refractivity contribution in [1.82, 2.24) is 5.32 Å². The van der Waals surface area contributed by atoms with Crippen molar-refractivity contribution >= 4 is 0 Å². The first-order chi connectivity index (χ1) is 5.20. The van der Waals surface area contributed by atoms with Gasteiger partial charge in [0, 0.05) is 12.2 Å². The minimum Gasteiger partial charge on any atom is -0.388 e. The number of hydrogen-bond acceptors (Lipinski definition) is 1. The normalized spacial score (nSPS) is 12.3. The molecule has 0 unspecified atom stereocenters. The van der Waals surface area contributed by atoms with E-state index in [1.807, 2.05) is 0 Å². The van der Waals surface area contributed by atoms with Crippen LogP contribution < -0.4 is 5.32 Å². The summed E-state index contributed by atoms with van der Waals surface area (Å²) in [7, 11) is 0. The first-order valence-corrected chi connectivity index (χ1v) is 4.59. The highest BCUT2D eigenvalue weighted by Gasteiger charge is 1.95. The van der Waals surface area contributed by atoms with E-state index in [0.29, 0.717) is 0 Å². The van der Waals surface area contributed by atoms with Crippen LogP contribution in [0.5, 0.6) is 0 Å². The molecule has 0 atom stereocenters. The summed E-state index contributed by atoms with van der Waals surface area (Å²) in [4.78, 5) is 0. The van der Waals surface area contributed by atoms with E-state index in [2.05, 4.69) is 39.1 Å². The molecule has 0 saturated carbocycles. The van der Waals surface area contributed by atoms with Gasteiger partial charge in [0.15, 0.2) is 0 Å². The highest BCUT2D eigenvalue weighted by atomic mass is 14.9. The summed E-state index contributed by atoms with van der Waals surface area (Å²) in [5.74, 6) is 0.738. The lowest BCUT2D eigenvalue weighted by Crippen LogP contribution is -2.18. The van der Waals surface area contributed by atoms with Gasteiger partial charge in [-0.05, 0) is 19.3 Å². The molecule has 1 nitrogen and oxygen atoms in total. The molecule has 0 fully saturated rings. The van der Waals surface area contributed by atoms with E-state index in [0.717, 1.165) is 12.5 Å². The predicted octanol–water partition coefficient (Wildman–Crippen LogP) is 2.94. The molecular weight excluding hydrogens is 134 g/mol. The Balaban J connectivity index is 3.53. The molecule has 66 valence electrons. The van der Waals surface area contributed by atoms with Crippen LogP contribution in [0.4, 0.5) is 0 Å². The van der Waals surface area contributed by atoms with Crippen molar-refractivity contribution in [1.29, 1.82) is 0 Å². The zero-order valence-corrected chi connectivity index (χ0v) is 8.28. The van der Waals surface area contributed by atoms with E-state index in [-0.39, 0.29) is 0 Å². The molecule has 0 heterocycles. The number of hydrogen-bond donors (Lipinski definition) is 1. The molecule has 0 rings (SSSR count). The number of allylic oxidation sites excluding steroid dienone is 2. The van der Waals surface area contributed by atoms with E-state index in [9.17, 15) is 0 Å². The molecule has 1 N–H and O–H groups in total. The van der Waals surface area contributed by atoms with Crippen LogP contribution in [0.2, 0.25) is 0 Å². The van der Waals surface area contributed by atoms with Crippen LogP contribution in [-0.2, 0) is 0 Å². The van der Waals surface area contributed by atoms with Crippen molar-refractivity contribution < 1.29 is 0 Å². The minimum absolute atomic E-state index is 0.738. The van der Waals surface area contributed by atoms with Crippen molar-refractivity contribution in [2.24, 2.45) is 5.92 Å². The predicted molar refractivity (Wildman–Crippen MR) is 51.5 cm³/mol. The molecule has 11 heavy (non-hydrogen) atoms. The Hall–Kier alpha value is -0.460. The van der Waals surface area contributed by atoms with Crippen LogP contribution in [0, 0.1) is 5.92 Å². The lowest BCUT2D eigenvalue weighted by molar-refractivity contribution is 0.582. The van der Waals surface area contributed by atoms with Crippen LogP contribution in [0.1, 0.15) is 40.5 Å². The Labute approximate surface area is 70.9 Å². The molecule has 0 amide bonds. The molecule has 0 aromatic heterocycles. The van der Waals surface area contributed by atoms with Crippen LogP contribution in [-0.4, -0.2) is 6.54 Å². The van der Waals surface area contributed by atoms with Crippen LogP contribution >= 0.6 is 0 Å². The molecule has 0 spiro atoms. The van der Waals surface area contributed by atoms with Gasteiger partial charge >= 0.3 is 0 Å². The molecule has 0 aliphatic heterocycles. The van der Waals surface area contributed by atoms with Crippen LogP contribution in [0.25, 0.3) is 0 Å². The van der Waals surface area contributed by atoms with Crippen LogP contribution in [0.15, 0.2) is 11.8 Å². The summed E-state index contributed by atoms with van der Waals surface area (Å²) in [5.41, 5.74) is 1.39. The van der Waals surface area contributed by atoms with Crippen molar-refractivity contribution in [2.45, 2.75) is 40.5 Å². The fraction of sp³-hybridized carbons (Fsp3) is 0.800. The second kappa shape index (κ2) is 6.26. The van der Waals surface area contributed by atoms with Gasteiger partial charge in [-0.15, -0.1) is 0 Å². The molecule has 0 aliphatic rings. The smallest absolute Gasteiger partial charge is 0.0166 e. The average molecular weight is 155 g/mol. The maximum Gasteiger partial charge on any atom is 0.0166 e. The lowest BCUT2D eigenvalue weighted by atomic mass is 10.2. The number of rotatable bonds is 5. The Morgan fingerprint density at radius 2 is 2.09 bits per heavy atom. The van der Waals surface area contributed by atoms with Gasteiger partial charge in [0.05, 0.1) is 0 Å². The van der Waals surface area contributed by atoms with E-state index in [1.54, 1.807) is 0 Å². The molecule has 0 radical (unpaired) electrons. The monoisotopic (exact) mass is 155 g/mol. The Kier molecular flexibility index (Phi) is 6.00.